The van der Waals surface area contributed by atoms with Crippen molar-refractivity contribution in [1.29, 1.82) is 0 Å². The summed E-state index contributed by atoms with van der Waals surface area (Å²) in [5, 5.41) is 0. The minimum Gasteiger partial charge on any atom is -0.496 e. The third-order valence-corrected chi connectivity index (χ3v) is 3.39. The van der Waals surface area contributed by atoms with Gasteiger partial charge in [-0.1, -0.05) is 12.1 Å². The molecule has 0 unspecified atom stereocenters. The number of carbonyl (C=O) groups excluding carboxylic acids is 1. The molecule has 1 saturated heterocycles. The number of esters is 1. The number of piperidine rings is 1. The Morgan fingerprint density at radius 2 is 1.94 bits per heavy atom. The number of hydrogen-bond acceptors (Lipinski definition) is 3. The first-order valence-corrected chi connectivity index (χ1v) is 6.36. The Labute approximate surface area is 107 Å². The molecule has 1 fully saturated rings. The minimum absolute atomic E-state index is 0.0473. The smallest absolute Gasteiger partial charge is 0.342 e. The highest BCUT2D eigenvalue weighted by Gasteiger charge is 2.24. The van der Waals surface area contributed by atoms with Gasteiger partial charge in [-0.05, 0) is 12.1 Å². The van der Waals surface area contributed by atoms with Crippen LogP contribution in [0.15, 0.2) is 24.3 Å². The van der Waals surface area contributed by atoms with Gasteiger partial charge in [0.25, 0.3) is 0 Å². The van der Waals surface area contributed by atoms with E-state index in [0.717, 1.165) is 25.9 Å². The van der Waals surface area contributed by atoms with E-state index in [-0.39, 0.29) is 12.1 Å². The van der Waals surface area contributed by atoms with E-state index in [1.807, 2.05) is 12.1 Å². The maximum Gasteiger partial charge on any atom is 0.342 e. The Morgan fingerprint density at radius 1 is 1.28 bits per heavy atom. The molecule has 4 heteroatoms. The lowest BCUT2D eigenvalue weighted by Gasteiger charge is -2.26. The Morgan fingerprint density at radius 3 is 2.61 bits per heavy atom. The van der Waals surface area contributed by atoms with Gasteiger partial charge in [0.2, 0.25) is 0 Å². The monoisotopic (exact) mass is 250 g/mol. The van der Waals surface area contributed by atoms with Crippen molar-refractivity contribution in [3.05, 3.63) is 29.8 Å². The van der Waals surface area contributed by atoms with Gasteiger partial charge in [0.1, 0.15) is 17.4 Å². The summed E-state index contributed by atoms with van der Waals surface area (Å²) in [4.78, 5) is 13.6. The van der Waals surface area contributed by atoms with Crippen LogP contribution in [0.25, 0.3) is 0 Å². The fraction of sp³-hybridized carbons (Fsp3) is 0.500. The number of methoxy groups -OCH3 is 1. The van der Waals surface area contributed by atoms with E-state index in [0.29, 0.717) is 11.3 Å². The van der Waals surface area contributed by atoms with E-state index >= 15 is 0 Å². The average molecular weight is 250 g/mol. The molecule has 1 aromatic rings. The van der Waals surface area contributed by atoms with Gasteiger partial charge in [0.05, 0.1) is 27.2 Å². The van der Waals surface area contributed by atoms with Crippen LogP contribution in [0.5, 0.6) is 5.75 Å². The molecule has 0 aliphatic carbocycles. The zero-order chi connectivity index (χ0) is 13.0. The first kappa shape index (κ1) is 12.9. The second kappa shape index (κ2) is 5.87. The first-order valence-electron chi connectivity index (χ1n) is 6.36. The molecule has 1 N–H and O–H groups in total. The van der Waals surface area contributed by atoms with Crippen LogP contribution >= 0.6 is 0 Å². The van der Waals surface area contributed by atoms with E-state index in [9.17, 15) is 4.79 Å². The van der Waals surface area contributed by atoms with Crippen LogP contribution in [-0.4, -0.2) is 39.3 Å². The molecule has 0 radical (unpaired) electrons. The SMILES string of the molecule is COc1ccccc1C(=O)OC1CC[NH+](C)CC1. The molecule has 0 saturated carbocycles. The number of ether oxygens (including phenoxy) is 2. The van der Waals surface area contributed by atoms with Crippen molar-refractivity contribution in [2.24, 2.45) is 0 Å². The van der Waals surface area contributed by atoms with Crippen molar-refractivity contribution in [2.75, 3.05) is 27.2 Å². The summed E-state index contributed by atoms with van der Waals surface area (Å²) in [6.45, 7) is 2.12. The summed E-state index contributed by atoms with van der Waals surface area (Å²) in [7, 11) is 3.73. The van der Waals surface area contributed by atoms with Gasteiger partial charge in [0.15, 0.2) is 0 Å². The third kappa shape index (κ3) is 3.01. The molecule has 4 nitrogen and oxygen atoms in total. The lowest BCUT2D eigenvalue weighted by Crippen LogP contribution is -3.10. The zero-order valence-corrected chi connectivity index (χ0v) is 10.9. The number of quaternary nitrogens is 1. The normalized spacial score (nSPS) is 23.4. The summed E-state index contributed by atoms with van der Waals surface area (Å²) in [6.07, 6.45) is 1.92. The molecule has 0 bridgehead atoms. The molecular formula is C14H20NO3+. The first-order chi connectivity index (χ1) is 8.70. The van der Waals surface area contributed by atoms with Crippen LogP contribution < -0.4 is 9.64 Å². The van der Waals surface area contributed by atoms with Gasteiger partial charge in [-0.25, -0.2) is 4.79 Å². The van der Waals surface area contributed by atoms with Crippen LogP contribution in [0.1, 0.15) is 23.2 Å². The molecule has 1 aromatic carbocycles. The Bertz CT molecular complexity index is 411. The standard InChI is InChI=1S/C14H19NO3/c1-15-9-7-11(8-10-15)18-14(16)12-5-3-4-6-13(12)17-2/h3-6,11H,7-10H2,1-2H3/p+1. The number of carbonyl (C=O) groups is 1. The van der Waals surface area contributed by atoms with Crippen molar-refractivity contribution >= 4 is 5.97 Å². The highest BCUT2D eigenvalue weighted by molar-refractivity contribution is 5.92. The summed E-state index contributed by atoms with van der Waals surface area (Å²) in [5.41, 5.74) is 0.506. The topological polar surface area (TPSA) is 40.0 Å². The number of rotatable bonds is 3. The molecule has 0 spiro atoms. The van der Waals surface area contributed by atoms with Crippen LogP contribution in [0.4, 0.5) is 0 Å². The van der Waals surface area contributed by atoms with Crippen molar-refractivity contribution in [1.82, 2.24) is 0 Å². The number of hydrogen-bond donors (Lipinski definition) is 1. The zero-order valence-electron chi connectivity index (χ0n) is 10.9. The number of para-hydroxylation sites is 1. The Hall–Kier alpha value is -1.55. The van der Waals surface area contributed by atoms with E-state index in [1.54, 1.807) is 19.2 Å². The lowest BCUT2D eigenvalue weighted by molar-refractivity contribution is -0.885. The summed E-state index contributed by atoms with van der Waals surface area (Å²) >= 11 is 0. The summed E-state index contributed by atoms with van der Waals surface area (Å²) < 4.78 is 10.7. The van der Waals surface area contributed by atoms with Gasteiger partial charge in [-0.15, -0.1) is 0 Å². The van der Waals surface area contributed by atoms with Gasteiger partial charge in [-0.3, -0.25) is 0 Å². The van der Waals surface area contributed by atoms with E-state index in [2.05, 4.69) is 7.05 Å². The second-order valence-corrected chi connectivity index (χ2v) is 4.76. The summed E-state index contributed by atoms with van der Waals surface area (Å²) in [5.74, 6) is 0.290. The van der Waals surface area contributed by atoms with Gasteiger partial charge < -0.3 is 14.4 Å². The van der Waals surface area contributed by atoms with E-state index < -0.39 is 0 Å². The van der Waals surface area contributed by atoms with E-state index in [4.69, 9.17) is 9.47 Å². The van der Waals surface area contributed by atoms with Crippen LogP contribution in [0.3, 0.4) is 0 Å². The van der Waals surface area contributed by atoms with E-state index in [1.165, 1.54) is 4.90 Å². The summed E-state index contributed by atoms with van der Waals surface area (Å²) in [6, 6.07) is 7.17. The maximum absolute atomic E-state index is 12.1. The van der Waals surface area contributed by atoms with Gasteiger partial charge in [-0.2, -0.15) is 0 Å². The predicted octanol–water partition coefficient (Wildman–Crippen LogP) is 0.529. The molecule has 0 atom stereocenters. The Kier molecular flexibility index (Phi) is 4.20. The molecule has 18 heavy (non-hydrogen) atoms. The maximum atomic E-state index is 12.1. The van der Waals surface area contributed by atoms with Crippen molar-refractivity contribution in [3.63, 3.8) is 0 Å². The quantitative estimate of drug-likeness (QED) is 0.796. The van der Waals surface area contributed by atoms with Crippen LogP contribution in [0, 0.1) is 0 Å². The second-order valence-electron chi connectivity index (χ2n) is 4.76. The molecule has 1 heterocycles. The van der Waals surface area contributed by atoms with Crippen molar-refractivity contribution in [2.45, 2.75) is 18.9 Å². The van der Waals surface area contributed by atoms with Gasteiger partial charge in [0, 0.05) is 12.8 Å². The average Bonchev–Trinajstić information content (AvgIpc) is 2.41. The fourth-order valence-corrected chi connectivity index (χ4v) is 2.23. The molecular weight excluding hydrogens is 230 g/mol. The van der Waals surface area contributed by atoms with Crippen LogP contribution in [-0.2, 0) is 4.74 Å². The minimum atomic E-state index is -0.281. The van der Waals surface area contributed by atoms with Crippen molar-refractivity contribution < 1.29 is 19.2 Å². The molecule has 1 aliphatic rings. The Balaban J connectivity index is 1.99. The fourth-order valence-electron chi connectivity index (χ4n) is 2.23. The molecule has 2 rings (SSSR count). The van der Waals surface area contributed by atoms with Crippen molar-refractivity contribution in [3.8, 4) is 5.75 Å². The van der Waals surface area contributed by atoms with Gasteiger partial charge >= 0.3 is 5.97 Å². The molecule has 1 aliphatic heterocycles. The molecule has 98 valence electrons. The number of nitrogens with one attached hydrogen (secondary N) is 1. The van der Waals surface area contributed by atoms with Crippen LogP contribution in [0.2, 0.25) is 0 Å². The molecule has 0 aromatic heterocycles. The molecule has 0 amide bonds. The third-order valence-electron chi connectivity index (χ3n) is 3.39. The predicted molar refractivity (Wildman–Crippen MR) is 68.1 cm³/mol. The number of benzene rings is 1. The number of likely N-dealkylation sites (tertiary alicyclic amines) is 1. The highest BCUT2D eigenvalue weighted by atomic mass is 16.5. The largest absolute Gasteiger partial charge is 0.496 e. The lowest BCUT2D eigenvalue weighted by atomic mass is 10.1. The highest BCUT2D eigenvalue weighted by Crippen LogP contribution is 2.19.